The highest BCUT2D eigenvalue weighted by atomic mass is 16.5. The molecule has 2 rings (SSSR count). The molecule has 1 saturated carbocycles. The van der Waals surface area contributed by atoms with E-state index in [1.54, 1.807) is 12.1 Å². The first-order valence-corrected chi connectivity index (χ1v) is 8.28. The molecule has 22 heavy (non-hydrogen) atoms. The topological polar surface area (TPSA) is 58.6 Å². The van der Waals surface area contributed by atoms with Gasteiger partial charge >= 0.3 is 0 Å². The number of aliphatic hydroxyl groups is 1. The van der Waals surface area contributed by atoms with Gasteiger partial charge in [0.05, 0.1) is 6.10 Å². The molecule has 0 radical (unpaired) electrons. The average molecular weight is 305 g/mol. The summed E-state index contributed by atoms with van der Waals surface area (Å²) in [5.74, 6) is 1.37. The number of hydrogen-bond donors (Lipinski definition) is 2. The SMILES string of the molecule is CCC(O)c1ccc(OCC(=O)NC2CCC(C)CC2)cc1. The molecule has 0 heterocycles. The van der Waals surface area contributed by atoms with Gasteiger partial charge in [-0.3, -0.25) is 4.79 Å². The van der Waals surface area contributed by atoms with Crippen molar-refractivity contribution in [2.45, 2.75) is 58.1 Å². The van der Waals surface area contributed by atoms with Gasteiger partial charge in [-0.05, 0) is 55.7 Å². The van der Waals surface area contributed by atoms with Crippen LogP contribution in [-0.2, 0) is 4.79 Å². The standard InChI is InChI=1S/C18H27NO3/c1-3-17(20)14-6-10-16(11-7-14)22-12-18(21)19-15-8-4-13(2)5-9-15/h6-7,10-11,13,15,17,20H,3-5,8-9,12H2,1-2H3,(H,19,21). The van der Waals surface area contributed by atoms with Gasteiger partial charge in [0.15, 0.2) is 6.61 Å². The number of amides is 1. The van der Waals surface area contributed by atoms with Crippen molar-refractivity contribution < 1.29 is 14.6 Å². The number of hydrogen-bond acceptors (Lipinski definition) is 3. The summed E-state index contributed by atoms with van der Waals surface area (Å²) in [4.78, 5) is 11.9. The van der Waals surface area contributed by atoms with E-state index in [-0.39, 0.29) is 12.5 Å². The Kier molecular flexibility index (Phi) is 6.25. The van der Waals surface area contributed by atoms with E-state index in [1.807, 2.05) is 19.1 Å². The number of carbonyl (C=O) groups is 1. The Hall–Kier alpha value is -1.55. The van der Waals surface area contributed by atoms with Gasteiger partial charge in [-0.2, -0.15) is 0 Å². The lowest BCUT2D eigenvalue weighted by Gasteiger charge is -2.26. The minimum atomic E-state index is -0.439. The number of rotatable bonds is 6. The van der Waals surface area contributed by atoms with Gasteiger partial charge in [0.2, 0.25) is 0 Å². The summed E-state index contributed by atoms with van der Waals surface area (Å²) in [7, 11) is 0. The monoisotopic (exact) mass is 305 g/mol. The van der Waals surface area contributed by atoms with E-state index in [0.717, 1.165) is 24.3 Å². The highest BCUT2D eigenvalue weighted by molar-refractivity contribution is 5.77. The number of aliphatic hydroxyl groups excluding tert-OH is 1. The zero-order chi connectivity index (χ0) is 15.9. The van der Waals surface area contributed by atoms with E-state index in [4.69, 9.17) is 4.74 Å². The van der Waals surface area contributed by atoms with Crippen LogP contribution in [0.3, 0.4) is 0 Å². The highest BCUT2D eigenvalue weighted by Crippen LogP contribution is 2.23. The lowest BCUT2D eigenvalue weighted by Crippen LogP contribution is -2.39. The van der Waals surface area contributed by atoms with Crippen molar-refractivity contribution in [2.24, 2.45) is 5.92 Å². The molecule has 1 unspecified atom stereocenters. The molecule has 2 N–H and O–H groups in total. The first kappa shape index (κ1) is 16.8. The molecular formula is C18H27NO3. The van der Waals surface area contributed by atoms with Crippen molar-refractivity contribution in [3.8, 4) is 5.75 Å². The smallest absolute Gasteiger partial charge is 0.258 e. The third-order valence-electron chi connectivity index (χ3n) is 4.40. The van der Waals surface area contributed by atoms with Crippen LogP contribution in [0.1, 0.15) is 57.6 Å². The van der Waals surface area contributed by atoms with Gasteiger partial charge < -0.3 is 15.2 Å². The maximum atomic E-state index is 11.9. The van der Waals surface area contributed by atoms with E-state index in [1.165, 1.54) is 12.8 Å². The number of nitrogens with one attached hydrogen (secondary N) is 1. The fourth-order valence-electron chi connectivity index (χ4n) is 2.84. The van der Waals surface area contributed by atoms with Crippen molar-refractivity contribution in [3.63, 3.8) is 0 Å². The molecule has 1 amide bonds. The Morgan fingerprint density at radius 3 is 2.50 bits per heavy atom. The third kappa shape index (κ3) is 5.02. The second-order valence-corrected chi connectivity index (χ2v) is 6.31. The molecule has 1 aromatic carbocycles. The molecule has 1 atom stereocenters. The fourth-order valence-corrected chi connectivity index (χ4v) is 2.84. The molecule has 1 aliphatic rings. The molecular weight excluding hydrogens is 278 g/mol. The van der Waals surface area contributed by atoms with Crippen LogP contribution in [0, 0.1) is 5.92 Å². The van der Waals surface area contributed by atoms with Crippen LogP contribution in [0.5, 0.6) is 5.75 Å². The molecule has 4 heteroatoms. The second-order valence-electron chi connectivity index (χ2n) is 6.31. The van der Waals surface area contributed by atoms with Crippen LogP contribution < -0.4 is 10.1 Å². The van der Waals surface area contributed by atoms with Crippen LogP contribution in [-0.4, -0.2) is 23.7 Å². The maximum absolute atomic E-state index is 11.9. The molecule has 0 bridgehead atoms. The summed E-state index contributed by atoms with van der Waals surface area (Å²) in [5.41, 5.74) is 0.871. The summed E-state index contributed by atoms with van der Waals surface area (Å²) in [6, 6.07) is 7.57. The van der Waals surface area contributed by atoms with Crippen LogP contribution in [0.15, 0.2) is 24.3 Å². The number of benzene rings is 1. The zero-order valence-electron chi connectivity index (χ0n) is 13.5. The molecule has 1 aliphatic carbocycles. The van der Waals surface area contributed by atoms with Crippen molar-refractivity contribution >= 4 is 5.91 Å². The van der Waals surface area contributed by atoms with Crippen molar-refractivity contribution in [1.29, 1.82) is 0 Å². The van der Waals surface area contributed by atoms with E-state index in [9.17, 15) is 9.90 Å². The third-order valence-corrected chi connectivity index (χ3v) is 4.40. The average Bonchev–Trinajstić information content (AvgIpc) is 2.55. The summed E-state index contributed by atoms with van der Waals surface area (Å²) >= 11 is 0. The van der Waals surface area contributed by atoms with Crippen molar-refractivity contribution in [3.05, 3.63) is 29.8 Å². The number of ether oxygens (including phenoxy) is 1. The fraction of sp³-hybridized carbons (Fsp3) is 0.611. The molecule has 1 fully saturated rings. The largest absolute Gasteiger partial charge is 0.484 e. The van der Waals surface area contributed by atoms with Gasteiger partial charge in [-0.15, -0.1) is 0 Å². The Bertz CT molecular complexity index is 464. The first-order valence-electron chi connectivity index (χ1n) is 8.28. The van der Waals surface area contributed by atoms with E-state index in [2.05, 4.69) is 12.2 Å². The van der Waals surface area contributed by atoms with Crippen LogP contribution >= 0.6 is 0 Å². The second kappa shape index (κ2) is 8.18. The lowest BCUT2D eigenvalue weighted by atomic mass is 9.87. The van der Waals surface area contributed by atoms with Crippen LogP contribution in [0.25, 0.3) is 0 Å². The van der Waals surface area contributed by atoms with Crippen LogP contribution in [0.4, 0.5) is 0 Å². The van der Waals surface area contributed by atoms with E-state index in [0.29, 0.717) is 18.2 Å². The molecule has 0 aromatic heterocycles. The minimum Gasteiger partial charge on any atom is -0.484 e. The Labute approximate surface area is 132 Å². The minimum absolute atomic E-state index is 0.0434. The Morgan fingerprint density at radius 2 is 1.91 bits per heavy atom. The van der Waals surface area contributed by atoms with Crippen LogP contribution in [0.2, 0.25) is 0 Å². The maximum Gasteiger partial charge on any atom is 0.258 e. The predicted octanol–water partition coefficient (Wildman–Crippen LogP) is 3.20. The van der Waals surface area contributed by atoms with E-state index < -0.39 is 6.10 Å². The van der Waals surface area contributed by atoms with Crippen molar-refractivity contribution in [2.75, 3.05) is 6.61 Å². The summed E-state index contributed by atoms with van der Waals surface area (Å²) in [5, 5.41) is 12.8. The molecule has 122 valence electrons. The Balaban J connectivity index is 1.74. The lowest BCUT2D eigenvalue weighted by molar-refractivity contribution is -0.124. The van der Waals surface area contributed by atoms with Gasteiger partial charge in [-0.25, -0.2) is 0 Å². The molecule has 1 aromatic rings. The highest BCUT2D eigenvalue weighted by Gasteiger charge is 2.19. The summed E-state index contributed by atoms with van der Waals surface area (Å²) in [6.07, 6.45) is 4.75. The predicted molar refractivity (Wildman–Crippen MR) is 86.8 cm³/mol. The Morgan fingerprint density at radius 1 is 1.27 bits per heavy atom. The van der Waals surface area contributed by atoms with Gasteiger partial charge in [0.1, 0.15) is 5.75 Å². The molecule has 0 saturated heterocycles. The summed E-state index contributed by atoms with van der Waals surface area (Å²) in [6.45, 7) is 4.24. The van der Waals surface area contributed by atoms with Crippen molar-refractivity contribution in [1.82, 2.24) is 5.32 Å². The van der Waals surface area contributed by atoms with E-state index >= 15 is 0 Å². The first-order chi connectivity index (χ1) is 10.6. The summed E-state index contributed by atoms with van der Waals surface area (Å²) < 4.78 is 5.51. The molecule has 0 aliphatic heterocycles. The normalized spacial score (nSPS) is 22.9. The quantitative estimate of drug-likeness (QED) is 0.848. The number of carbonyl (C=O) groups excluding carboxylic acids is 1. The van der Waals surface area contributed by atoms with Gasteiger partial charge in [0, 0.05) is 6.04 Å². The zero-order valence-corrected chi connectivity index (χ0v) is 13.5. The molecule has 4 nitrogen and oxygen atoms in total. The van der Waals surface area contributed by atoms with Gasteiger partial charge in [0.25, 0.3) is 5.91 Å². The van der Waals surface area contributed by atoms with Gasteiger partial charge in [-0.1, -0.05) is 26.0 Å². The molecule has 0 spiro atoms.